The highest BCUT2D eigenvalue weighted by Gasteiger charge is 2.25. The van der Waals surface area contributed by atoms with E-state index in [-0.39, 0.29) is 5.56 Å². The van der Waals surface area contributed by atoms with E-state index in [9.17, 15) is 4.79 Å². The van der Waals surface area contributed by atoms with Crippen molar-refractivity contribution < 1.29 is 0 Å². The maximum atomic E-state index is 13.4. The Morgan fingerprint density at radius 1 is 1.07 bits per heavy atom. The van der Waals surface area contributed by atoms with E-state index in [2.05, 4.69) is 39.6 Å². The zero-order chi connectivity index (χ0) is 19.8. The number of aromatic nitrogens is 2. The molecule has 0 fully saturated rings. The summed E-state index contributed by atoms with van der Waals surface area (Å²) in [5.74, 6) is 6.06. The topological polar surface area (TPSA) is 76.2 Å². The van der Waals surface area contributed by atoms with E-state index in [0.29, 0.717) is 5.95 Å². The third-order valence-corrected chi connectivity index (χ3v) is 6.46. The Bertz CT molecular complexity index is 1220. The first-order valence-corrected chi connectivity index (χ1v) is 10.4. The van der Waals surface area contributed by atoms with Crippen molar-refractivity contribution in [3.63, 3.8) is 0 Å². The van der Waals surface area contributed by atoms with Crippen LogP contribution in [0.3, 0.4) is 0 Å². The molecule has 0 saturated heterocycles. The van der Waals surface area contributed by atoms with Gasteiger partial charge in [0.05, 0.1) is 11.1 Å². The van der Waals surface area contributed by atoms with Gasteiger partial charge < -0.3 is 0 Å². The minimum Gasteiger partial charge on any atom is -0.294 e. The number of rotatable bonds is 4. The molecule has 4 aromatic rings. The lowest BCUT2D eigenvalue weighted by Crippen LogP contribution is -2.30. The number of hydrazine groups is 1. The van der Waals surface area contributed by atoms with Crippen molar-refractivity contribution in [2.75, 3.05) is 12.0 Å². The number of benzene rings is 2. The number of hydrogen-bond donors (Lipinski definition) is 2. The minimum atomic E-state index is -0.0665. The molecular formula is C22H21N5OS. The molecule has 0 radical (unpaired) electrons. The van der Waals surface area contributed by atoms with Gasteiger partial charge in [-0.1, -0.05) is 48.5 Å². The number of hydrogen-bond acceptors (Lipinski definition) is 6. The summed E-state index contributed by atoms with van der Waals surface area (Å²) in [5.41, 5.74) is 5.72. The molecule has 3 heterocycles. The summed E-state index contributed by atoms with van der Waals surface area (Å²) in [6.45, 7) is 2.67. The fourth-order valence-electron chi connectivity index (χ4n) is 3.99. The average molecular weight is 404 g/mol. The average Bonchev–Trinajstić information content (AvgIpc) is 3.12. The van der Waals surface area contributed by atoms with Gasteiger partial charge in [0, 0.05) is 24.5 Å². The molecule has 0 saturated carbocycles. The predicted octanol–water partition coefficient (Wildman–Crippen LogP) is 3.29. The second kappa shape index (κ2) is 7.44. The Hall–Kier alpha value is -3.00. The SMILES string of the molecule is NNc1nc2sc3c(c2c(=O)n1-c1ccccc1)CCN(Cc1ccccc1)C3. The van der Waals surface area contributed by atoms with Crippen LogP contribution in [0.5, 0.6) is 0 Å². The molecule has 0 spiro atoms. The van der Waals surface area contributed by atoms with Crippen molar-refractivity contribution in [2.24, 2.45) is 5.84 Å². The quantitative estimate of drug-likeness (QED) is 0.404. The highest BCUT2D eigenvalue weighted by Crippen LogP contribution is 2.34. The van der Waals surface area contributed by atoms with Crippen LogP contribution < -0.4 is 16.8 Å². The summed E-state index contributed by atoms with van der Waals surface area (Å²) in [4.78, 5) is 22.5. The van der Waals surface area contributed by atoms with Crippen molar-refractivity contribution in [1.82, 2.24) is 14.5 Å². The Morgan fingerprint density at radius 3 is 2.52 bits per heavy atom. The van der Waals surface area contributed by atoms with E-state index in [1.807, 2.05) is 36.4 Å². The molecule has 0 aliphatic carbocycles. The smallest absolute Gasteiger partial charge is 0.268 e. The number of nitrogen functional groups attached to an aromatic ring is 1. The Balaban J connectivity index is 1.57. The van der Waals surface area contributed by atoms with Crippen LogP contribution in [0.25, 0.3) is 15.9 Å². The van der Waals surface area contributed by atoms with E-state index in [1.165, 1.54) is 10.4 Å². The maximum Gasteiger partial charge on any atom is 0.268 e. The Morgan fingerprint density at radius 2 is 1.79 bits per heavy atom. The molecule has 3 N–H and O–H groups in total. The van der Waals surface area contributed by atoms with Crippen LogP contribution in [0.15, 0.2) is 65.5 Å². The van der Waals surface area contributed by atoms with Gasteiger partial charge >= 0.3 is 0 Å². The van der Waals surface area contributed by atoms with Gasteiger partial charge in [-0.25, -0.2) is 15.4 Å². The van der Waals surface area contributed by atoms with E-state index >= 15 is 0 Å². The summed E-state index contributed by atoms with van der Waals surface area (Å²) in [5, 5.41) is 0.729. The lowest BCUT2D eigenvalue weighted by atomic mass is 10.0. The zero-order valence-corrected chi connectivity index (χ0v) is 16.7. The highest BCUT2D eigenvalue weighted by molar-refractivity contribution is 7.18. The number of para-hydroxylation sites is 1. The third kappa shape index (κ3) is 3.23. The predicted molar refractivity (Wildman–Crippen MR) is 117 cm³/mol. The Labute approximate surface area is 172 Å². The van der Waals surface area contributed by atoms with E-state index < -0.39 is 0 Å². The molecule has 5 rings (SSSR count). The van der Waals surface area contributed by atoms with E-state index in [4.69, 9.17) is 5.84 Å². The second-order valence-corrected chi connectivity index (χ2v) is 8.27. The summed E-state index contributed by atoms with van der Waals surface area (Å²) in [7, 11) is 0. The molecule has 146 valence electrons. The maximum absolute atomic E-state index is 13.4. The fourth-order valence-corrected chi connectivity index (χ4v) is 5.24. The molecular weight excluding hydrogens is 382 g/mol. The van der Waals surface area contributed by atoms with Gasteiger partial charge in [-0.3, -0.25) is 15.1 Å². The first-order valence-electron chi connectivity index (χ1n) is 9.60. The summed E-state index contributed by atoms with van der Waals surface area (Å²) < 4.78 is 1.56. The van der Waals surface area contributed by atoms with Gasteiger partial charge in [0.1, 0.15) is 4.83 Å². The van der Waals surface area contributed by atoms with Crippen LogP contribution in [0, 0.1) is 0 Å². The molecule has 29 heavy (non-hydrogen) atoms. The summed E-state index contributed by atoms with van der Waals surface area (Å²) in [6.07, 6.45) is 0.850. The van der Waals surface area contributed by atoms with E-state index in [0.717, 1.165) is 47.5 Å². The first kappa shape index (κ1) is 18.1. The number of fused-ring (bicyclic) bond motifs is 3. The normalized spacial score (nSPS) is 14.1. The monoisotopic (exact) mass is 403 g/mol. The lowest BCUT2D eigenvalue weighted by Gasteiger charge is -2.26. The molecule has 2 aromatic heterocycles. The van der Waals surface area contributed by atoms with Gasteiger partial charge in [-0.2, -0.15) is 0 Å². The molecule has 7 heteroatoms. The number of thiophene rings is 1. The largest absolute Gasteiger partial charge is 0.294 e. The van der Waals surface area contributed by atoms with Crippen LogP contribution in [0.1, 0.15) is 16.0 Å². The molecule has 2 aromatic carbocycles. The van der Waals surface area contributed by atoms with Crippen LogP contribution in [-0.4, -0.2) is 21.0 Å². The highest BCUT2D eigenvalue weighted by atomic mass is 32.1. The standard InChI is InChI=1S/C22H21N5OS/c23-25-22-24-20-19(21(28)27(22)16-9-5-2-6-10-16)17-11-12-26(14-18(17)29-20)13-15-7-3-1-4-8-15/h1-10H,11-14,23H2,(H,24,25). The minimum absolute atomic E-state index is 0.0665. The number of nitrogens with zero attached hydrogens (tertiary/aromatic N) is 3. The van der Waals surface area contributed by atoms with Crippen molar-refractivity contribution in [3.05, 3.63) is 87.0 Å². The van der Waals surface area contributed by atoms with Crippen molar-refractivity contribution >= 4 is 27.5 Å². The number of nitrogens with one attached hydrogen (secondary N) is 1. The Kier molecular flexibility index (Phi) is 4.63. The first-order chi connectivity index (χ1) is 14.2. The molecule has 0 atom stereocenters. The number of anilines is 1. The van der Waals surface area contributed by atoms with Gasteiger partial charge in [0.2, 0.25) is 5.95 Å². The zero-order valence-electron chi connectivity index (χ0n) is 15.8. The van der Waals surface area contributed by atoms with Crippen LogP contribution in [0.2, 0.25) is 0 Å². The molecule has 6 nitrogen and oxygen atoms in total. The van der Waals surface area contributed by atoms with Crippen molar-refractivity contribution in [1.29, 1.82) is 0 Å². The van der Waals surface area contributed by atoms with Gasteiger partial charge in [-0.15, -0.1) is 11.3 Å². The molecule has 0 amide bonds. The third-order valence-electron chi connectivity index (χ3n) is 5.35. The van der Waals surface area contributed by atoms with Crippen LogP contribution in [0.4, 0.5) is 5.95 Å². The van der Waals surface area contributed by atoms with Gasteiger partial charge in [0.15, 0.2) is 0 Å². The summed E-state index contributed by atoms with van der Waals surface area (Å²) in [6, 6.07) is 20.0. The van der Waals surface area contributed by atoms with Crippen molar-refractivity contribution in [2.45, 2.75) is 19.5 Å². The van der Waals surface area contributed by atoms with Crippen LogP contribution in [-0.2, 0) is 19.5 Å². The van der Waals surface area contributed by atoms with Gasteiger partial charge in [0.25, 0.3) is 5.56 Å². The fraction of sp³-hybridized carbons (Fsp3) is 0.182. The van der Waals surface area contributed by atoms with Crippen molar-refractivity contribution in [3.8, 4) is 5.69 Å². The second-order valence-electron chi connectivity index (χ2n) is 7.19. The number of nitrogens with two attached hydrogens (primary N) is 1. The molecule has 0 bridgehead atoms. The lowest BCUT2D eigenvalue weighted by molar-refractivity contribution is 0.249. The molecule has 0 unspecified atom stereocenters. The van der Waals surface area contributed by atoms with Crippen LogP contribution >= 0.6 is 11.3 Å². The van der Waals surface area contributed by atoms with E-state index in [1.54, 1.807) is 15.9 Å². The molecule has 1 aliphatic heterocycles. The molecule has 1 aliphatic rings. The van der Waals surface area contributed by atoms with Gasteiger partial charge in [-0.05, 0) is 29.7 Å². The summed E-state index contributed by atoms with van der Waals surface area (Å²) >= 11 is 1.60.